The van der Waals surface area contributed by atoms with E-state index in [1.165, 1.54) is 32.5 Å². The van der Waals surface area contributed by atoms with E-state index in [9.17, 15) is 0 Å². The number of rotatable bonds is 2. The van der Waals surface area contributed by atoms with Crippen LogP contribution in [0.2, 0.25) is 0 Å². The summed E-state index contributed by atoms with van der Waals surface area (Å²) >= 11 is 1.54. The summed E-state index contributed by atoms with van der Waals surface area (Å²) in [6.45, 7) is 1.82. The molecule has 1 N–H and O–H groups in total. The van der Waals surface area contributed by atoms with Crippen molar-refractivity contribution in [2.24, 2.45) is 9.98 Å². The number of allylic oxidation sites excluding steroid dienone is 1. The van der Waals surface area contributed by atoms with Crippen molar-refractivity contribution in [2.45, 2.75) is 19.3 Å². The minimum absolute atomic E-state index is 0.596. The van der Waals surface area contributed by atoms with Gasteiger partial charge in [0.05, 0.1) is 0 Å². The molecule has 0 aliphatic carbocycles. The van der Waals surface area contributed by atoms with Crippen molar-refractivity contribution in [3.63, 3.8) is 0 Å². The van der Waals surface area contributed by atoms with Crippen LogP contribution in [0.25, 0.3) is 15.7 Å². The lowest BCUT2D eigenvalue weighted by Gasteiger charge is -2.12. The molecule has 1 aromatic carbocycles. The third-order valence-electron chi connectivity index (χ3n) is 4.12. The summed E-state index contributed by atoms with van der Waals surface area (Å²) in [6, 6.07) is 8.39. The van der Waals surface area contributed by atoms with Crippen LogP contribution in [0.15, 0.2) is 40.3 Å². The molecule has 110 valence electrons. The fourth-order valence-electron chi connectivity index (χ4n) is 3.04. The van der Waals surface area contributed by atoms with Crippen LogP contribution in [0.1, 0.15) is 30.4 Å². The Kier molecular flexibility index (Phi) is 3.47. The molecule has 0 saturated heterocycles. The molecule has 2 aromatic rings. The summed E-state index contributed by atoms with van der Waals surface area (Å²) < 4.78 is 1.78. The Morgan fingerprint density at radius 1 is 1.14 bits per heavy atom. The molecule has 0 atom stereocenters. The Bertz CT molecular complexity index is 887. The number of nitrogens with zero attached hydrogens (tertiary/aromatic N) is 2. The van der Waals surface area contributed by atoms with Gasteiger partial charge in [-0.05, 0) is 54.0 Å². The predicted octanol–water partition coefficient (Wildman–Crippen LogP) is 3.82. The van der Waals surface area contributed by atoms with Crippen LogP contribution >= 0.6 is 11.3 Å². The Morgan fingerprint density at radius 3 is 2.86 bits per heavy atom. The molecule has 1 aromatic heterocycles. The Morgan fingerprint density at radius 2 is 2.09 bits per heavy atom. The largest absolute Gasteiger partial charge is 0.292 e. The second-order valence-corrected chi connectivity index (χ2v) is 6.71. The second kappa shape index (κ2) is 5.61. The summed E-state index contributed by atoms with van der Waals surface area (Å²) in [6.07, 6.45) is 7.43. The van der Waals surface area contributed by atoms with Gasteiger partial charge in [0.25, 0.3) is 0 Å². The normalized spacial score (nSPS) is 17.6. The third-order valence-corrected chi connectivity index (χ3v) is 5.13. The zero-order valence-electron chi connectivity index (χ0n) is 12.3. The summed E-state index contributed by atoms with van der Waals surface area (Å²) in [5, 5.41) is 9.14. The maximum atomic E-state index is 7.94. The van der Waals surface area contributed by atoms with Crippen LogP contribution in [-0.4, -0.2) is 25.0 Å². The minimum atomic E-state index is 0.596. The number of hydrogen-bond acceptors (Lipinski definition) is 4. The van der Waals surface area contributed by atoms with Gasteiger partial charge in [0.15, 0.2) is 0 Å². The number of nitrogens with one attached hydrogen (secondary N) is 1. The zero-order chi connectivity index (χ0) is 14.9. The summed E-state index contributed by atoms with van der Waals surface area (Å²) in [5.74, 6) is 0. The van der Waals surface area contributed by atoms with Crippen LogP contribution in [0.5, 0.6) is 0 Å². The lowest BCUT2D eigenvalue weighted by molar-refractivity contribution is 0.951. The Labute approximate surface area is 133 Å². The van der Waals surface area contributed by atoms with Gasteiger partial charge in [-0.25, -0.2) is 0 Å². The highest BCUT2D eigenvalue weighted by molar-refractivity contribution is 7.16. The van der Waals surface area contributed by atoms with Crippen LogP contribution in [0, 0.1) is 5.41 Å². The smallest absolute Gasteiger partial charge is 0.107 e. The fraction of sp³-hybridized carbons (Fsp3) is 0.278. The van der Waals surface area contributed by atoms with Gasteiger partial charge in [-0.15, -0.1) is 11.3 Å². The average Bonchev–Trinajstić information content (AvgIpc) is 3.09. The number of dihydropyridines is 1. The van der Waals surface area contributed by atoms with Crippen LogP contribution < -0.4 is 4.67 Å². The molecule has 3 nitrogen and oxygen atoms in total. The first-order valence-corrected chi connectivity index (χ1v) is 8.49. The molecule has 0 bridgehead atoms. The molecule has 22 heavy (non-hydrogen) atoms. The van der Waals surface area contributed by atoms with Crippen molar-refractivity contribution in [2.75, 3.05) is 13.1 Å². The van der Waals surface area contributed by atoms with Crippen molar-refractivity contribution >= 4 is 38.9 Å². The first-order chi connectivity index (χ1) is 10.8. The second-order valence-electron chi connectivity index (χ2n) is 5.66. The molecular weight excluding hydrogens is 290 g/mol. The Balaban J connectivity index is 1.97. The van der Waals surface area contributed by atoms with Gasteiger partial charge in [-0.1, -0.05) is 12.1 Å². The van der Waals surface area contributed by atoms with E-state index in [2.05, 4.69) is 34.3 Å². The molecule has 0 saturated carbocycles. The van der Waals surface area contributed by atoms with E-state index in [4.69, 9.17) is 5.41 Å². The molecule has 0 radical (unpaired) electrons. The van der Waals surface area contributed by atoms with Crippen molar-refractivity contribution in [3.8, 4) is 0 Å². The van der Waals surface area contributed by atoms with Crippen molar-refractivity contribution in [1.82, 2.24) is 0 Å². The van der Waals surface area contributed by atoms with E-state index < -0.39 is 0 Å². The van der Waals surface area contributed by atoms with Gasteiger partial charge in [-0.3, -0.25) is 15.4 Å². The lowest BCUT2D eigenvalue weighted by atomic mass is 9.97. The first kappa shape index (κ1) is 13.6. The number of aliphatic imine (C=N–C) groups is 2. The van der Waals surface area contributed by atoms with Gasteiger partial charge in [0, 0.05) is 35.3 Å². The van der Waals surface area contributed by atoms with E-state index in [1.807, 2.05) is 12.3 Å². The van der Waals surface area contributed by atoms with Gasteiger partial charge < -0.3 is 0 Å². The molecule has 0 spiro atoms. The van der Waals surface area contributed by atoms with E-state index in [0.717, 1.165) is 32.4 Å². The monoisotopic (exact) mass is 307 g/mol. The summed E-state index contributed by atoms with van der Waals surface area (Å²) in [4.78, 5) is 9.09. The van der Waals surface area contributed by atoms with Gasteiger partial charge >= 0.3 is 0 Å². The number of benzene rings is 1. The molecule has 2 aliphatic heterocycles. The zero-order valence-corrected chi connectivity index (χ0v) is 13.1. The summed E-state index contributed by atoms with van der Waals surface area (Å²) in [7, 11) is 0. The molecule has 3 heterocycles. The van der Waals surface area contributed by atoms with Crippen LogP contribution in [-0.2, 0) is 0 Å². The van der Waals surface area contributed by atoms with E-state index in [1.54, 1.807) is 11.3 Å². The lowest BCUT2D eigenvalue weighted by Crippen LogP contribution is -2.02. The minimum Gasteiger partial charge on any atom is -0.292 e. The predicted molar refractivity (Wildman–Crippen MR) is 94.3 cm³/mol. The van der Waals surface area contributed by atoms with E-state index in [-0.39, 0.29) is 0 Å². The van der Waals surface area contributed by atoms with Crippen molar-refractivity contribution < 1.29 is 0 Å². The van der Waals surface area contributed by atoms with Gasteiger partial charge in [0.2, 0.25) is 0 Å². The highest BCUT2D eigenvalue weighted by Crippen LogP contribution is 2.29. The van der Waals surface area contributed by atoms with Gasteiger partial charge in [-0.2, -0.15) is 0 Å². The quantitative estimate of drug-likeness (QED) is 0.877. The average molecular weight is 307 g/mol. The molecule has 0 fully saturated rings. The first-order valence-electron chi connectivity index (χ1n) is 7.68. The molecular formula is C18H17N3S. The van der Waals surface area contributed by atoms with E-state index >= 15 is 0 Å². The van der Waals surface area contributed by atoms with Crippen LogP contribution in [0.4, 0.5) is 0 Å². The maximum Gasteiger partial charge on any atom is 0.107 e. The van der Waals surface area contributed by atoms with Crippen LogP contribution in [0.3, 0.4) is 0 Å². The third kappa shape index (κ3) is 2.44. The molecule has 0 amide bonds. The fourth-order valence-corrected chi connectivity index (χ4v) is 3.93. The van der Waals surface area contributed by atoms with Gasteiger partial charge in [0.1, 0.15) is 4.67 Å². The molecule has 4 heteroatoms. The maximum absolute atomic E-state index is 7.94. The molecule has 0 unspecified atom stereocenters. The molecule has 4 rings (SSSR count). The highest BCUT2D eigenvalue weighted by atomic mass is 32.1. The summed E-state index contributed by atoms with van der Waals surface area (Å²) in [5.41, 5.74) is 4.82. The Hall–Kier alpha value is -2.07. The standard InChI is InChI=1S/C18H17N3S/c19-17-6-5-12-9-14(13-3-1-7-20-11-13)10-15(18(12)22-17)16-4-2-8-21-16/h3,5-6,9-11,19H,1-2,4,7-8H2. The number of hydrogen-bond donors (Lipinski definition) is 1. The molecule has 2 aliphatic rings. The topological polar surface area (TPSA) is 48.6 Å². The highest BCUT2D eigenvalue weighted by Gasteiger charge is 2.15. The van der Waals surface area contributed by atoms with Crippen molar-refractivity contribution in [1.29, 1.82) is 5.41 Å². The number of fused-ring (bicyclic) bond motifs is 1. The van der Waals surface area contributed by atoms with Crippen molar-refractivity contribution in [3.05, 3.63) is 46.1 Å². The van der Waals surface area contributed by atoms with E-state index in [0.29, 0.717) is 4.67 Å². The SMILES string of the molecule is N=c1ccc2cc(C3=CCCN=C3)cc(C3=NCCC3)c2s1.